The average Bonchev–Trinajstić information content (AvgIpc) is 3.14. The topological polar surface area (TPSA) is 73.0 Å². The minimum Gasteiger partial charge on any atom is -0.368 e. The molecule has 0 atom stereocenters. The van der Waals surface area contributed by atoms with Crippen molar-refractivity contribution in [2.45, 2.75) is 0 Å². The molecule has 3 aromatic carbocycles. The SMILES string of the molecule is O=C(c1ccc(NC2=C(Cl)C(=O)N(c3ccc(Cl)c(Cl)c3)C2=O)cc1)N1CCN(c2ccccc2)CC1. The number of para-hydroxylation sites is 1. The number of piperazine rings is 1. The van der Waals surface area contributed by atoms with Crippen LogP contribution in [0.5, 0.6) is 0 Å². The first-order valence-electron chi connectivity index (χ1n) is 11.5. The van der Waals surface area contributed by atoms with Crippen LogP contribution < -0.4 is 15.1 Å². The first-order valence-corrected chi connectivity index (χ1v) is 12.7. The number of carbonyl (C=O) groups is 3. The number of rotatable bonds is 5. The molecule has 0 bridgehead atoms. The summed E-state index contributed by atoms with van der Waals surface area (Å²) in [6.45, 7) is 2.76. The number of amides is 3. The summed E-state index contributed by atoms with van der Waals surface area (Å²) in [7, 11) is 0. The van der Waals surface area contributed by atoms with E-state index < -0.39 is 11.8 Å². The molecule has 0 radical (unpaired) electrons. The molecule has 2 aliphatic rings. The highest BCUT2D eigenvalue weighted by Crippen LogP contribution is 2.33. The molecule has 3 aromatic rings. The van der Waals surface area contributed by atoms with Gasteiger partial charge in [0.25, 0.3) is 17.7 Å². The summed E-state index contributed by atoms with van der Waals surface area (Å²) in [4.78, 5) is 43.7. The van der Waals surface area contributed by atoms with Crippen LogP contribution in [0.1, 0.15) is 10.4 Å². The van der Waals surface area contributed by atoms with Crippen LogP contribution in [-0.4, -0.2) is 48.8 Å². The van der Waals surface area contributed by atoms with Gasteiger partial charge in [0.2, 0.25) is 0 Å². The first-order chi connectivity index (χ1) is 17.8. The van der Waals surface area contributed by atoms with E-state index in [1.54, 1.807) is 24.3 Å². The van der Waals surface area contributed by atoms with Gasteiger partial charge >= 0.3 is 0 Å². The molecular formula is C27H21Cl3N4O3. The number of hydrogen-bond acceptors (Lipinski definition) is 5. The fraction of sp³-hybridized carbons (Fsp3) is 0.148. The Morgan fingerprint density at radius 2 is 1.41 bits per heavy atom. The number of nitrogens with one attached hydrogen (secondary N) is 1. The molecule has 2 heterocycles. The number of nitrogens with zero attached hydrogens (tertiary/aromatic N) is 3. The van der Waals surface area contributed by atoms with Crippen molar-refractivity contribution in [3.8, 4) is 0 Å². The number of imide groups is 1. The van der Waals surface area contributed by atoms with E-state index in [2.05, 4.69) is 22.3 Å². The van der Waals surface area contributed by atoms with E-state index in [0.29, 0.717) is 29.4 Å². The Hall–Kier alpha value is -3.52. The zero-order valence-electron chi connectivity index (χ0n) is 19.5. The predicted molar refractivity (Wildman–Crippen MR) is 146 cm³/mol. The third-order valence-electron chi connectivity index (χ3n) is 6.28. The van der Waals surface area contributed by atoms with Gasteiger partial charge in [0, 0.05) is 43.1 Å². The molecule has 0 spiro atoms. The molecule has 0 saturated carbocycles. The Kier molecular flexibility index (Phi) is 7.11. The second kappa shape index (κ2) is 10.5. The summed E-state index contributed by atoms with van der Waals surface area (Å²) < 4.78 is 0. The monoisotopic (exact) mass is 554 g/mol. The van der Waals surface area contributed by atoms with E-state index in [9.17, 15) is 14.4 Å². The molecule has 188 valence electrons. The summed E-state index contributed by atoms with van der Waals surface area (Å²) in [5.41, 5.74) is 2.39. The quantitative estimate of drug-likeness (QED) is 0.427. The van der Waals surface area contributed by atoms with Crippen LogP contribution in [-0.2, 0) is 9.59 Å². The molecule has 0 unspecified atom stereocenters. The van der Waals surface area contributed by atoms with E-state index in [1.807, 2.05) is 23.1 Å². The lowest BCUT2D eigenvalue weighted by atomic mass is 10.1. The van der Waals surface area contributed by atoms with Gasteiger partial charge in [-0.05, 0) is 54.6 Å². The van der Waals surface area contributed by atoms with Crippen molar-refractivity contribution in [2.24, 2.45) is 0 Å². The molecule has 0 aromatic heterocycles. The largest absolute Gasteiger partial charge is 0.368 e. The Labute approximate surface area is 228 Å². The van der Waals surface area contributed by atoms with Crippen LogP contribution in [0.2, 0.25) is 10.0 Å². The Balaban J connectivity index is 1.24. The Morgan fingerprint density at radius 3 is 2.05 bits per heavy atom. The predicted octanol–water partition coefficient (Wildman–Crippen LogP) is 5.39. The van der Waals surface area contributed by atoms with Crippen LogP contribution >= 0.6 is 34.8 Å². The second-order valence-corrected chi connectivity index (χ2v) is 9.74. The van der Waals surface area contributed by atoms with Crippen LogP contribution in [0.25, 0.3) is 0 Å². The van der Waals surface area contributed by atoms with Crippen molar-refractivity contribution in [2.75, 3.05) is 41.3 Å². The smallest absolute Gasteiger partial charge is 0.283 e. The summed E-state index contributed by atoms with van der Waals surface area (Å²) >= 11 is 18.2. The second-order valence-electron chi connectivity index (χ2n) is 8.55. The van der Waals surface area contributed by atoms with Crippen LogP contribution in [0.3, 0.4) is 0 Å². The van der Waals surface area contributed by atoms with Crippen molar-refractivity contribution in [3.05, 3.63) is 99.1 Å². The highest BCUT2D eigenvalue weighted by molar-refractivity contribution is 6.53. The molecule has 7 nitrogen and oxygen atoms in total. The summed E-state index contributed by atoms with van der Waals surface area (Å²) in [5, 5.41) is 3.18. The lowest BCUT2D eigenvalue weighted by Crippen LogP contribution is -2.48. The third-order valence-corrected chi connectivity index (χ3v) is 7.37. The Morgan fingerprint density at radius 1 is 0.730 bits per heavy atom. The minimum atomic E-state index is -0.672. The highest BCUT2D eigenvalue weighted by atomic mass is 35.5. The van der Waals surface area contributed by atoms with Gasteiger partial charge in [0.1, 0.15) is 10.7 Å². The van der Waals surface area contributed by atoms with Crippen molar-refractivity contribution in [1.82, 2.24) is 4.90 Å². The van der Waals surface area contributed by atoms with E-state index in [1.165, 1.54) is 18.2 Å². The molecule has 1 fully saturated rings. The van der Waals surface area contributed by atoms with Gasteiger partial charge in [0.05, 0.1) is 15.7 Å². The fourth-order valence-corrected chi connectivity index (χ4v) is 4.80. The molecule has 2 aliphatic heterocycles. The van der Waals surface area contributed by atoms with Crippen LogP contribution in [0, 0.1) is 0 Å². The van der Waals surface area contributed by atoms with Crippen LogP contribution in [0.4, 0.5) is 17.1 Å². The fourth-order valence-electron chi connectivity index (χ4n) is 4.30. The van der Waals surface area contributed by atoms with E-state index in [4.69, 9.17) is 34.8 Å². The van der Waals surface area contributed by atoms with Gasteiger partial charge in [-0.3, -0.25) is 14.4 Å². The van der Waals surface area contributed by atoms with Gasteiger partial charge in [-0.2, -0.15) is 0 Å². The summed E-state index contributed by atoms with van der Waals surface area (Å²) in [6.07, 6.45) is 0. The van der Waals surface area contributed by atoms with Gasteiger partial charge < -0.3 is 15.1 Å². The number of anilines is 3. The van der Waals surface area contributed by atoms with E-state index in [0.717, 1.165) is 23.7 Å². The molecular weight excluding hydrogens is 535 g/mol. The molecule has 1 saturated heterocycles. The standard InChI is InChI=1S/C27H21Cl3N4O3/c28-21-11-10-20(16-22(21)29)34-26(36)23(30)24(27(34)37)31-18-8-6-17(7-9-18)25(35)33-14-12-32(13-15-33)19-4-2-1-3-5-19/h1-11,16,31H,12-15H2. The van der Waals surface area contributed by atoms with Gasteiger partial charge in [-0.15, -0.1) is 0 Å². The van der Waals surface area contributed by atoms with Gasteiger partial charge in [-0.1, -0.05) is 53.0 Å². The highest BCUT2D eigenvalue weighted by Gasteiger charge is 2.39. The third kappa shape index (κ3) is 5.03. The number of hydrogen-bond donors (Lipinski definition) is 1. The van der Waals surface area contributed by atoms with Crippen molar-refractivity contribution >= 4 is 69.6 Å². The molecule has 5 rings (SSSR count). The molecule has 10 heteroatoms. The zero-order valence-corrected chi connectivity index (χ0v) is 21.7. The van der Waals surface area contributed by atoms with Crippen molar-refractivity contribution in [1.29, 1.82) is 0 Å². The normalized spacial score (nSPS) is 16.0. The zero-order chi connectivity index (χ0) is 26.1. The number of halogens is 3. The maximum absolute atomic E-state index is 13.0. The maximum atomic E-state index is 13.0. The lowest BCUT2D eigenvalue weighted by Gasteiger charge is -2.36. The Bertz CT molecular complexity index is 1400. The molecule has 0 aliphatic carbocycles. The summed E-state index contributed by atoms with van der Waals surface area (Å²) in [5.74, 6) is -1.35. The number of benzene rings is 3. The van der Waals surface area contributed by atoms with Gasteiger partial charge in [-0.25, -0.2) is 4.90 Å². The first kappa shape index (κ1) is 25.1. The molecule has 37 heavy (non-hydrogen) atoms. The van der Waals surface area contributed by atoms with Crippen molar-refractivity contribution in [3.63, 3.8) is 0 Å². The van der Waals surface area contributed by atoms with Crippen molar-refractivity contribution < 1.29 is 14.4 Å². The van der Waals surface area contributed by atoms with Crippen LogP contribution in [0.15, 0.2) is 83.5 Å². The lowest BCUT2D eigenvalue weighted by molar-refractivity contribution is -0.120. The summed E-state index contributed by atoms with van der Waals surface area (Å²) in [6, 6.07) is 21.3. The van der Waals surface area contributed by atoms with E-state index >= 15 is 0 Å². The molecule has 1 N–H and O–H groups in total. The minimum absolute atomic E-state index is 0.0607. The van der Waals surface area contributed by atoms with Gasteiger partial charge in [0.15, 0.2) is 0 Å². The average molecular weight is 556 g/mol. The molecule has 3 amide bonds. The van der Waals surface area contributed by atoms with E-state index in [-0.39, 0.29) is 27.3 Å². The maximum Gasteiger partial charge on any atom is 0.283 e. The number of carbonyl (C=O) groups excluding carboxylic acids is 3.